The summed E-state index contributed by atoms with van der Waals surface area (Å²) in [6, 6.07) is 7.56. The number of aromatic nitrogens is 2. The predicted octanol–water partition coefficient (Wildman–Crippen LogP) is 2.23. The lowest BCUT2D eigenvalue weighted by molar-refractivity contribution is 0.112. The van der Waals surface area contributed by atoms with Crippen molar-refractivity contribution in [3.05, 3.63) is 34.3 Å². The molecule has 0 spiro atoms. The molecule has 76 valence electrons. The number of nitrogens with zero attached hydrogens (tertiary/aromatic N) is 1. The van der Waals surface area contributed by atoms with Crippen LogP contribution in [0.25, 0.3) is 11.3 Å². The highest BCUT2D eigenvalue weighted by Crippen LogP contribution is 2.25. The van der Waals surface area contributed by atoms with Crippen molar-refractivity contribution in [2.75, 3.05) is 5.73 Å². The number of nitrogens with two attached hydrogens (primary N) is 1. The smallest absolute Gasteiger partial charge is 0.156 e. The Morgan fingerprint density at radius 1 is 1.47 bits per heavy atom. The number of nitrogens with one attached hydrogen (secondary N) is 1. The molecule has 1 aromatic carbocycles. The summed E-state index contributed by atoms with van der Waals surface area (Å²) in [5.74, 6) is 0.222. The molecule has 15 heavy (non-hydrogen) atoms. The summed E-state index contributed by atoms with van der Waals surface area (Å²) in [6.45, 7) is 0. The molecule has 1 aromatic heterocycles. The van der Waals surface area contributed by atoms with E-state index in [4.69, 9.17) is 5.73 Å². The second kappa shape index (κ2) is 3.86. The maximum Gasteiger partial charge on any atom is 0.156 e. The minimum atomic E-state index is 0.222. The first-order valence-electron chi connectivity index (χ1n) is 4.27. The van der Waals surface area contributed by atoms with Crippen molar-refractivity contribution in [3.8, 4) is 11.3 Å². The van der Waals surface area contributed by atoms with Gasteiger partial charge >= 0.3 is 0 Å². The molecule has 0 aliphatic heterocycles. The monoisotopic (exact) mass is 265 g/mol. The number of H-pyrrole nitrogens is 1. The average molecular weight is 266 g/mol. The van der Waals surface area contributed by atoms with Gasteiger partial charge in [0.25, 0.3) is 0 Å². The van der Waals surface area contributed by atoms with Crippen LogP contribution in [0.4, 0.5) is 5.82 Å². The Bertz CT molecular complexity index is 507. The number of carbonyl (C=O) groups excluding carboxylic acids is 1. The second-order valence-electron chi connectivity index (χ2n) is 3.03. The van der Waals surface area contributed by atoms with Gasteiger partial charge in [-0.15, -0.1) is 0 Å². The first kappa shape index (κ1) is 9.92. The normalized spacial score (nSPS) is 10.2. The molecule has 0 atom stereocenters. The van der Waals surface area contributed by atoms with E-state index in [0.29, 0.717) is 17.5 Å². The van der Waals surface area contributed by atoms with Crippen molar-refractivity contribution in [2.24, 2.45) is 0 Å². The van der Waals surface area contributed by atoms with Gasteiger partial charge in [0.1, 0.15) is 0 Å². The fraction of sp³-hybridized carbons (Fsp3) is 0. The highest BCUT2D eigenvalue weighted by molar-refractivity contribution is 9.10. The fourth-order valence-electron chi connectivity index (χ4n) is 1.35. The number of nitrogen functional groups attached to an aromatic ring is 1. The Morgan fingerprint density at radius 2 is 2.27 bits per heavy atom. The third kappa shape index (κ3) is 1.78. The van der Waals surface area contributed by atoms with E-state index in [2.05, 4.69) is 26.1 Å². The van der Waals surface area contributed by atoms with Crippen LogP contribution in [-0.2, 0) is 0 Å². The molecule has 2 aromatic rings. The van der Waals surface area contributed by atoms with Crippen LogP contribution in [0.5, 0.6) is 0 Å². The first-order chi connectivity index (χ1) is 7.22. The molecule has 0 saturated carbocycles. The molecule has 0 fully saturated rings. The molecule has 0 amide bonds. The molecule has 1 heterocycles. The Morgan fingerprint density at radius 3 is 2.93 bits per heavy atom. The van der Waals surface area contributed by atoms with Gasteiger partial charge in [0.05, 0.1) is 11.3 Å². The molecule has 3 N–H and O–H groups in total. The summed E-state index contributed by atoms with van der Waals surface area (Å²) in [7, 11) is 0. The molecule has 0 aliphatic rings. The van der Waals surface area contributed by atoms with Gasteiger partial charge in [0.2, 0.25) is 0 Å². The van der Waals surface area contributed by atoms with Crippen LogP contribution in [-0.4, -0.2) is 16.5 Å². The predicted molar refractivity (Wildman–Crippen MR) is 61.5 cm³/mol. The van der Waals surface area contributed by atoms with Crippen molar-refractivity contribution >= 4 is 28.0 Å². The largest absolute Gasteiger partial charge is 0.382 e. The first-order valence-corrected chi connectivity index (χ1v) is 5.06. The van der Waals surface area contributed by atoms with Gasteiger partial charge in [-0.3, -0.25) is 9.89 Å². The van der Waals surface area contributed by atoms with E-state index in [9.17, 15) is 4.79 Å². The van der Waals surface area contributed by atoms with E-state index in [1.54, 1.807) is 0 Å². The van der Waals surface area contributed by atoms with Crippen molar-refractivity contribution in [1.29, 1.82) is 0 Å². The SMILES string of the molecule is Nc1n[nH]c(-c2cccc(Br)c2)c1C=O. The highest BCUT2D eigenvalue weighted by Gasteiger charge is 2.11. The zero-order valence-corrected chi connectivity index (χ0v) is 9.28. The molecular weight excluding hydrogens is 258 g/mol. The number of rotatable bonds is 2. The quantitative estimate of drug-likeness (QED) is 0.819. The Kier molecular flexibility index (Phi) is 2.55. The molecule has 2 rings (SSSR count). The molecule has 5 heteroatoms. The van der Waals surface area contributed by atoms with Crippen LogP contribution in [0.3, 0.4) is 0 Å². The van der Waals surface area contributed by atoms with Gasteiger partial charge in [-0.25, -0.2) is 0 Å². The van der Waals surface area contributed by atoms with E-state index < -0.39 is 0 Å². The van der Waals surface area contributed by atoms with Crippen LogP contribution in [0.2, 0.25) is 0 Å². The van der Waals surface area contributed by atoms with E-state index in [-0.39, 0.29) is 5.82 Å². The van der Waals surface area contributed by atoms with Crippen molar-refractivity contribution in [1.82, 2.24) is 10.2 Å². The summed E-state index contributed by atoms with van der Waals surface area (Å²) in [4.78, 5) is 10.8. The van der Waals surface area contributed by atoms with E-state index in [0.717, 1.165) is 10.0 Å². The zero-order chi connectivity index (χ0) is 10.8. The summed E-state index contributed by atoms with van der Waals surface area (Å²) in [5.41, 5.74) is 7.45. The maximum atomic E-state index is 10.8. The number of hydrogen-bond donors (Lipinski definition) is 2. The molecule has 0 aliphatic carbocycles. The summed E-state index contributed by atoms with van der Waals surface area (Å²) in [6.07, 6.45) is 0.703. The number of benzene rings is 1. The van der Waals surface area contributed by atoms with Crippen LogP contribution >= 0.6 is 15.9 Å². The zero-order valence-electron chi connectivity index (χ0n) is 7.70. The molecular formula is C10H8BrN3O. The third-order valence-corrected chi connectivity index (χ3v) is 2.56. The molecule has 0 bridgehead atoms. The topological polar surface area (TPSA) is 71.8 Å². The standard InChI is InChI=1S/C10H8BrN3O/c11-7-3-1-2-6(4-7)9-8(5-15)10(12)14-13-9/h1-5H,(H3,12,13,14). The second-order valence-corrected chi connectivity index (χ2v) is 3.94. The van der Waals surface area contributed by atoms with Crippen LogP contribution in [0.15, 0.2) is 28.7 Å². The maximum absolute atomic E-state index is 10.8. The van der Waals surface area contributed by atoms with E-state index in [1.165, 1.54) is 0 Å². The molecule has 4 nitrogen and oxygen atoms in total. The minimum Gasteiger partial charge on any atom is -0.382 e. The Labute approximate surface area is 94.6 Å². The number of carbonyl (C=O) groups is 1. The van der Waals surface area contributed by atoms with Crippen molar-refractivity contribution in [2.45, 2.75) is 0 Å². The van der Waals surface area contributed by atoms with Gasteiger partial charge in [-0.2, -0.15) is 5.10 Å². The fourth-order valence-corrected chi connectivity index (χ4v) is 1.75. The van der Waals surface area contributed by atoms with Crippen molar-refractivity contribution < 1.29 is 4.79 Å². The number of aldehydes is 1. The lowest BCUT2D eigenvalue weighted by Gasteiger charge is -1.99. The number of halogens is 1. The van der Waals surface area contributed by atoms with Crippen molar-refractivity contribution in [3.63, 3.8) is 0 Å². The summed E-state index contributed by atoms with van der Waals surface area (Å²) < 4.78 is 0.935. The summed E-state index contributed by atoms with van der Waals surface area (Å²) in [5, 5.41) is 6.54. The minimum absolute atomic E-state index is 0.222. The Hall–Kier alpha value is -1.62. The van der Waals surface area contributed by atoms with Gasteiger partial charge in [-0.05, 0) is 12.1 Å². The van der Waals surface area contributed by atoms with Gasteiger partial charge in [0.15, 0.2) is 12.1 Å². The lowest BCUT2D eigenvalue weighted by atomic mass is 10.1. The molecule has 0 radical (unpaired) electrons. The van der Waals surface area contributed by atoms with Crippen LogP contribution in [0.1, 0.15) is 10.4 Å². The molecule has 0 unspecified atom stereocenters. The average Bonchev–Trinajstić information content (AvgIpc) is 2.59. The molecule has 0 saturated heterocycles. The summed E-state index contributed by atoms with van der Waals surface area (Å²) >= 11 is 3.36. The van der Waals surface area contributed by atoms with E-state index in [1.807, 2.05) is 24.3 Å². The number of anilines is 1. The van der Waals surface area contributed by atoms with Gasteiger partial charge in [0, 0.05) is 10.0 Å². The van der Waals surface area contributed by atoms with Gasteiger partial charge < -0.3 is 5.73 Å². The highest BCUT2D eigenvalue weighted by atomic mass is 79.9. The number of aromatic amines is 1. The van der Waals surface area contributed by atoms with E-state index >= 15 is 0 Å². The lowest BCUT2D eigenvalue weighted by Crippen LogP contribution is -1.90. The third-order valence-electron chi connectivity index (χ3n) is 2.06. The Balaban J connectivity index is 2.58. The number of hydrogen-bond acceptors (Lipinski definition) is 3. The van der Waals surface area contributed by atoms with Crippen LogP contribution in [0, 0.1) is 0 Å². The van der Waals surface area contributed by atoms with Crippen LogP contribution < -0.4 is 5.73 Å². The van der Waals surface area contributed by atoms with Gasteiger partial charge in [-0.1, -0.05) is 28.1 Å².